The fourth-order valence-electron chi connectivity index (χ4n) is 1.47. The molecule has 0 fully saturated rings. The van der Waals surface area contributed by atoms with Crippen LogP contribution in [0.1, 0.15) is 5.82 Å². The minimum Gasteiger partial charge on any atom is -0.342 e. The van der Waals surface area contributed by atoms with E-state index in [1.165, 1.54) is 0 Å². The molecule has 3 nitrogen and oxygen atoms in total. The van der Waals surface area contributed by atoms with Crippen molar-refractivity contribution >= 4 is 23.2 Å². The summed E-state index contributed by atoms with van der Waals surface area (Å²) in [5.41, 5.74) is 7.16. The number of nitrogens with two attached hydrogens (primary N) is 1. The molecule has 0 atom stereocenters. The lowest BCUT2D eigenvalue weighted by atomic mass is 10.2. The molecule has 0 saturated carbocycles. The lowest BCUT2D eigenvalue weighted by Gasteiger charge is -2.02. The summed E-state index contributed by atoms with van der Waals surface area (Å²) in [6.07, 6.45) is 2.46. The molecule has 0 aliphatic carbocycles. The Morgan fingerprint density at radius 2 is 2.12 bits per heavy atom. The molecule has 0 saturated heterocycles. The first kappa shape index (κ1) is 11.5. The molecule has 5 heteroatoms. The average molecular weight is 256 g/mol. The highest BCUT2D eigenvalue weighted by atomic mass is 35.5. The van der Waals surface area contributed by atoms with E-state index >= 15 is 0 Å². The number of aromatic nitrogens is 2. The summed E-state index contributed by atoms with van der Waals surface area (Å²) in [4.78, 5) is 7.38. The third-order valence-electron chi connectivity index (χ3n) is 2.25. The van der Waals surface area contributed by atoms with Gasteiger partial charge in [-0.25, -0.2) is 4.98 Å². The van der Waals surface area contributed by atoms with Crippen LogP contribution in [0.4, 0.5) is 0 Å². The van der Waals surface area contributed by atoms with Crippen molar-refractivity contribution in [2.24, 2.45) is 5.73 Å². The second kappa shape index (κ2) is 4.87. The summed E-state index contributed by atoms with van der Waals surface area (Å²) in [6, 6.07) is 5.51. The topological polar surface area (TPSA) is 54.7 Å². The molecule has 0 aliphatic rings. The van der Waals surface area contributed by atoms with Gasteiger partial charge >= 0.3 is 0 Å². The molecule has 0 radical (unpaired) electrons. The molecule has 0 unspecified atom stereocenters. The van der Waals surface area contributed by atoms with Gasteiger partial charge in [0.05, 0.1) is 21.9 Å². The summed E-state index contributed by atoms with van der Waals surface area (Å²) in [6.45, 7) is 0.566. The van der Waals surface area contributed by atoms with Crippen LogP contribution in [0, 0.1) is 0 Å². The van der Waals surface area contributed by atoms with Gasteiger partial charge in [0, 0.05) is 12.0 Å². The van der Waals surface area contributed by atoms with Gasteiger partial charge in [0.1, 0.15) is 5.82 Å². The first-order valence-corrected chi connectivity index (χ1v) is 5.66. The summed E-state index contributed by atoms with van der Waals surface area (Å²) in [7, 11) is 0. The van der Waals surface area contributed by atoms with Gasteiger partial charge in [-0.05, 0) is 12.6 Å². The number of nitrogens with zero attached hydrogens (tertiary/aromatic N) is 1. The van der Waals surface area contributed by atoms with Crippen molar-refractivity contribution in [3.8, 4) is 11.3 Å². The zero-order valence-electron chi connectivity index (χ0n) is 8.50. The van der Waals surface area contributed by atoms with E-state index in [1.54, 1.807) is 12.3 Å². The van der Waals surface area contributed by atoms with Crippen LogP contribution in [0.5, 0.6) is 0 Å². The van der Waals surface area contributed by atoms with Crippen molar-refractivity contribution in [2.75, 3.05) is 6.54 Å². The Labute approximate surface area is 104 Å². The molecule has 1 aromatic carbocycles. The molecule has 1 heterocycles. The lowest BCUT2D eigenvalue weighted by Crippen LogP contribution is -2.03. The summed E-state index contributed by atoms with van der Waals surface area (Å²) in [5.74, 6) is 0.855. The third-order valence-corrected chi connectivity index (χ3v) is 3.07. The highest BCUT2D eigenvalue weighted by Gasteiger charge is 2.09. The Hall–Kier alpha value is -1.03. The van der Waals surface area contributed by atoms with Gasteiger partial charge in [-0.3, -0.25) is 0 Å². The van der Waals surface area contributed by atoms with Crippen molar-refractivity contribution in [2.45, 2.75) is 6.42 Å². The van der Waals surface area contributed by atoms with Crippen molar-refractivity contribution in [1.29, 1.82) is 0 Å². The highest BCUT2D eigenvalue weighted by molar-refractivity contribution is 6.43. The Kier molecular flexibility index (Phi) is 3.49. The normalized spacial score (nSPS) is 10.7. The third kappa shape index (κ3) is 2.21. The minimum atomic E-state index is 0.534. The molecular weight excluding hydrogens is 245 g/mol. The van der Waals surface area contributed by atoms with Crippen LogP contribution in [-0.4, -0.2) is 16.5 Å². The van der Waals surface area contributed by atoms with Gasteiger partial charge in [0.25, 0.3) is 0 Å². The van der Waals surface area contributed by atoms with E-state index in [0.717, 1.165) is 23.5 Å². The summed E-state index contributed by atoms with van der Waals surface area (Å²) in [5, 5.41) is 1.07. The minimum absolute atomic E-state index is 0.534. The maximum Gasteiger partial charge on any atom is 0.107 e. The van der Waals surface area contributed by atoms with Gasteiger partial charge in [0.2, 0.25) is 0 Å². The van der Waals surface area contributed by atoms with Crippen LogP contribution >= 0.6 is 23.2 Å². The smallest absolute Gasteiger partial charge is 0.107 e. The zero-order valence-corrected chi connectivity index (χ0v) is 10.0. The quantitative estimate of drug-likeness (QED) is 0.887. The Morgan fingerprint density at radius 1 is 1.31 bits per heavy atom. The number of H-pyrrole nitrogens is 1. The second-order valence-corrected chi connectivity index (χ2v) is 4.17. The fraction of sp³-hybridized carbons (Fsp3) is 0.182. The predicted octanol–water partition coefficient (Wildman–Crippen LogP) is 2.88. The largest absolute Gasteiger partial charge is 0.342 e. The van der Waals surface area contributed by atoms with E-state index < -0.39 is 0 Å². The SMILES string of the molecule is NCCc1ncc(-c2cccc(Cl)c2Cl)[nH]1. The molecule has 3 N–H and O–H groups in total. The van der Waals surface area contributed by atoms with Crippen molar-refractivity contribution in [3.63, 3.8) is 0 Å². The molecule has 84 valence electrons. The van der Waals surface area contributed by atoms with E-state index in [9.17, 15) is 0 Å². The van der Waals surface area contributed by atoms with Gasteiger partial charge in [-0.2, -0.15) is 0 Å². The molecule has 2 aromatic rings. The van der Waals surface area contributed by atoms with Crippen LogP contribution in [-0.2, 0) is 6.42 Å². The number of hydrogen-bond acceptors (Lipinski definition) is 2. The van der Waals surface area contributed by atoms with Gasteiger partial charge in [0.15, 0.2) is 0 Å². The number of imidazole rings is 1. The number of rotatable bonds is 3. The molecule has 1 aromatic heterocycles. The number of aromatic amines is 1. The highest BCUT2D eigenvalue weighted by Crippen LogP contribution is 2.32. The predicted molar refractivity (Wildman–Crippen MR) is 66.8 cm³/mol. The maximum atomic E-state index is 6.11. The first-order chi connectivity index (χ1) is 7.72. The number of benzene rings is 1. The van der Waals surface area contributed by atoms with Crippen molar-refractivity contribution in [3.05, 3.63) is 40.3 Å². The lowest BCUT2D eigenvalue weighted by molar-refractivity contribution is 0.895. The standard InChI is InChI=1S/C11H11Cl2N3/c12-8-3-1-2-7(11(8)13)9-6-15-10(16-9)4-5-14/h1-3,6H,4-5,14H2,(H,15,16). The molecule has 16 heavy (non-hydrogen) atoms. The van der Waals surface area contributed by atoms with Crippen LogP contribution in [0.15, 0.2) is 24.4 Å². The molecular formula is C11H11Cl2N3. The van der Waals surface area contributed by atoms with E-state index in [1.807, 2.05) is 12.1 Å². The molecule has 0 bridgehead atoms. The monoisotopic (exact) mass is 255 g/mol. The van der Waals surface area contributed by atoms with Crippen LogP contribution in [0.2, 0.25) is 10.0 Å². The average Bonchev–Trinajstić information content (AvgIpc) is 2.71. The van der Waals surface area contributed by atoms with Crippen LogP contribution < -0.4 is 5.73 Å². The summed E-state index contributed by atoms with van der Waals surface area (Å²) < 4.78 is 0. The zero-order chi connectivity index (χ0) is 11.5. The van der Waals surface area contributed by atoms with E-state index in [0.29, 0.717) is 16.6 Å². The first-order valence-electron chi connectivity index (χ1n) is 4.90. The van der Waals surface area contributed by atoms with Crippen LogP contribution in [0.25, 0.3) is 11.3 Å². The maximum absolute atomic E-state index is 6.11. The molecule has 0 aliphatic heterocycles. The van der Waals surface area contributed by atoms with E-state index in [2.05, 4.69) is 9.97 Å². The van der Waals surface area contributed by atoms with Crippen molar-refractivity contribution in [1.82, 2.24) is 9.97 Å². The molecule has 0 amide bonds. The van der Waals surface area contributed by atoms with Gasteiger partial charge in [-0.1, -0.05) is 35.3 Å². The molecule has 0 spiro atoms. The van der Waals surface area contributed by atoms with Gasteiger partial charge < -0.3 is 10.7 Å². The fourth-order valence-corrected chi connectivity index (χ4v) is 1.88. The number of halogens is 2. The second-order valence-electron chi connectivity index (χ2n) is 3.38. The number of nitrogens with one attached hydrogen (secondary N) is 1. The summed E-state index contributed by atoms with van der Waals surface area (Å²) >= 11 is 12.1. The molecule has 2 rings (SSSR count). The van der Waals surface area contributed by atoms with Crippen molar-refractivity contribution < 1.29 is 0 Å². The Morgan fingerprint density at radius 3 is 2.88 bits per heavy atom. The Balaban J connectivity index is 2.39. The Bertz CT molecular complexity index is 494. The van der Waals surface area contributed by atoms with Gasteiger partial charge in [-0.15, -0.1) is 0 Å². The van der Waals surface area contributed by atoms with Crippen LogP contribution in [0.3, 0.4) is 0 Å². The number of hydrogen-bond donors (Lipinski definition) is 2. The van der Waals surface area contributed by atoms with E-state index in [4.69, 9.17) is 28.9 Å². The van der Waals surface area contributed by atoms with E-state index in [-0.39, 0.29) is 0 Å².